The maximum Gasteiger partial charge on any atom is 0.223 e. The average Bonchev–Trinajstić information content (AvgIpc) is 2.15. The third kappa shape index (κ3) is 5.17. The van der Waals surface area contributed by atoms with E-state index in [1.165, 1.54) is 0 Å². The molecule has 0 aliphatic carbocycles. The maximum absolute atomic E-state index is 11.9. The number of rotatable bonds is 2. The molecule has 1 aliphatic heterocycles. The van der Waals surface area contributed by atoms with Gasteiger partial charge in [-0.2, -0.15) is 0 Å². The van der Waals surface area contributed by atoms with E-state index in [0.717, 1.165) is 25.9 Å². The summed E-state index contributed by atoms with van der Waals surface area (Å²) in [7, 11) is 2.00. The van der Waals surface area contributed by atoms with Crippen molar-refractivity contribution in [2.45, 2.75) is 46.1 Å². The van der Waals surface area contributed by atoms with Gasteiger partial charge in [-0.25, -0.2) is 0 Å². The summed E-state index contributed by atoms with van der Waals surface area (Å²) in [6.07, 6.45) is 2.84. The minimum Gasteiger partial charge on any atom is -0.343 e. The van der Waals surface area contributed by atoms with Gasteiger partial charge in [-0.05, 0) is 25.3 Å². The van der Waals surface area contributed by atoms with Crippen LogP contribution in [-0.4, -0.2) is 37.0 Å². The smallest absolute Gasteiger partial charge is 0.223 e. The molecule has 1 fully saturated rings. The van der Waals surface area contributed by atoms with Gasteiger partial charge in [0.15, 0.2) is 0 Å². The van der Waals surface area contributed by atoms with Crippen molar-refractivity contribution in [3.63, 3.8) is 0 Å². The van der Waals surface area contributed by atoms with E-state index in [-0.39, 0.29) is 17.8 Å². The van der Waals surface area contributed by atoms with E-state index < -0.39 is 0 Å². The summed E-state index contributed by atoms with van der Waals surface area (Å²) >= 11 is 0. The van der Waals surface area contributed by atoms with Gasteiger partial charge in [0, 0.05) is 25.6 Å². The molecule has 16 heavy (non-hydrogen) atoms. The van der Waals surface area contributed by atoms with Crippen LogP contribution >= 0.6 is 12.4 Å². The van der Waals surface area contributed by atoms with Crippen LogP contribution < -0.4 is 5.32 Å². The van der Waals surface area contributed by atoms with E-state index in [0.29, 0.717) is 18.4 Å². The summed E-state index contributed by atoms with van der Waals surface area (Å²) in [5.41, 5.74) is 0.108. The summed E-state index contributed by atoms with van der Waals surface area (Å²) in [6.45, 7) is 8.18. The van der Waals surface area contributed by atoms with Crippen LogP contribution in [0.3, 0.4) is 0 Å². The molecule has 0 spiro atoms. The first-order chi connectivity index (χ1) is 6.92. The lowest BCUT2D eigenvalue weighted by Gasteiger charge is -2.33. The molecule has 0 unspecified atom stereocenters. The van der Waals surface area contributed by atoms with Gasteiger partial charge in [0.25, 0.3) is 0 Å². The Morgan fingerprint density at radius 1 is 1.31 bits per heavy atom. The Morgan fingerprint density at radius 3 is 2.19 bits per heavy atom. The number of carbonyl (C=O) groups is 1. The van der Waals surface area contributed by atoms with Gasteiger partial charge >= 0.3 is 0 Å². The quantitative estimate of drug-likeness (QED) is 0.811. The van der Waals surface area contributed by atoms with Crippen molar-refractivity contribution in [1.29, 1.82) is 0 Å². The van der Waals surface area contributed by atoms with Crippen LogP contribution in [0, 0.1) is 5.41 Å². The molecule has 0 bridgehead atoms. The predicted octanol–water partition coefficient (Wildman–Crippen LogP) is 2.05. The summed E-state index contributed by atoms with van der Waals surface area (Å²) in [5.74, 6) is 0.317. The third-order valence-corrected chi connectivity index (χ3v) is 2.94. The molecule has 0 aromatic heterocycles. The maximum atomic E-state index is 11.9. The number of halogens is 1. The number of likely N-dealkylation sites (tertiary alicyclic amines) is 1. The van der Waals surface area contributed by atoms with Crippen LogP contribution in [0.4, 0.5) is 0 Å². The first-order valence-corrected chi connectivity index (χ1v) is 5.87. The molecule has 1 amide bonds. The lowest BCUT2D eigenvalue weighted by Crippen LogP contribution is -2.44. The summed E-state index contributed by atoms with van der Waals surface area (Å²) in [4.78, 5) is 13.9. The van der Waals surface area contributed by atoms with E-state index in [1.54, 1.807) is 0 Å². The molecular formula is C12H25ClN2O. The summed E-state index contributed by atoms with van der Waals surface area (Å²) in [6, 6.07) is 0.601. The molecular weight excluding hydrogens is 224 g/mol. The molecule has 0 radical (unpaired) electrons. The van der Waals surface area contributed by atoms with Gasteiger partial charge in [-0.1, -0.05) is 20.8 Å². The van der Waals surface area contributed by atoms with Gasteiger partial charge in [0.05, 0.1) is 0 Å². The second-order valence-electron chi connectivity index (χ2n) is 5.68. The van der Waals surface area contributed by atoms with Gasteiger partial charge in [-0.15, -0.1) is 12.4 Å². The highest BCUT2D eigenvalue weighted by molar-refractivity contribution is 5.85. The van der Waals surface area contributed by atoms with Crippen molar-refractivity contribution >= 4 is 18.3 Å². The van der Waals surface area contributed by atoms with Crippen LogP contribution in [0.1, 0.15) is 40.0 Å². The van der Waals surface area contributed by atoms with Crippen molar-refractivity contribution in [1.82, 2.24) is 10.2 Å². The Labute approximate surface area is 105 Å². The van der Waals surface area contributed by atoms with Crippen LogP contribution in [0.5, 0.6) is 0 Å². The van der Waals surface area contributed by atoms with E-state index in [9.17, 15) is 4.79 Å². The SMILES string of the molecule is CNC1CCN(C(=O)CC(C)(C)C)CC1.Cl. The minimum absolute atomic E-state index is 0. The van der Waals surface area contributed by atoms with Gasteiger partial charge < -0.3 is 10.2 Å². The Hall–Kier alpha value is -0.280. The number of amides is 1. The Balaban J connectivity index is 0.00000225. The monoisotopic (exact) mass is 248 g/mol. The highest BCUT2D eigenvalue weighted by Crippen LogP contribution is 2.21. The summed E-state index contributed by atoms with van der Waals surface area (Å²) in [5, 5.41) is 3.27. The molecule has 1 saturated heterocycles. The highest BCUT2D eigenvalue weighted by Gasteiger charge is 2.24. The lowest BCUT2D eigenvalue weighted by molar-refractivity contribution is -0.134. The first-order valence-electron chi connectivity index (χ1n) is 5.87. The largest absolute Gasteiger partial charge is 0.343 e. The fraction of sp³-hybridized carbons (Fsp3) is 0.917. The molecule has 4 heteroatoms. The first kappa shape index (κ1) is 15.7. The fourth-order valence-electron chi connectivity index (χ4n) is 1.98. The van der Waals surface area contributed by atoms with Gasteiger partial charge in [-0.3, -0.25) is 4.79 Å². The molecule has 0 aromatic carbocycles. The van der Waals surface area contributed by atoms with Crippen LogP contribution in [0.25, 0.3) is 0 Å². The summed E-state index contributed by atoms with van der Waals surface area (Å²) < 4.78 is 0. The number of hydrogen-bond acceptors (Lipinski definition) is 2. The normalized spacial score (nSPS) is 18.1. The van der Waals surface area contributed by atoms with E-state index in [4.69, 9.17) is 0 Å². The van der Waals surface area contributed by atoms with Crippen molar-refractivity contribution in [3.8, 4) is 0 Å². The fourth-order valence-corrected chi connectivity index (χ4v) is 1.98. The van der Waals surface area contributed by atoms with Crippen molar-refractivity contribution in [3.05, 3.63) is 0 Å². The number of nitrogens with one attached hydrogen (secondary N) is 1. The van der Waals surface area contributed by atoms with E-state index in [2.05, 4.69) is 26.1 Å². The molecule has 0 aromatic rings. The zero-order valence-electron chi connectivity index (χ0n) is 10.9. The van der Waals surface area contributed by atoms with Gasteiger partial charge in [0.1, 0.15) is 0 Å². The van der Waals surface area contributed by atoms with Crippen molar-refractivity contribution < 1.29 is 4.79 Å². The Bertz CT molecular complexity index is 218. The Kier molecular flexibility index (Phi) is 6.34. The predicted molar refractivity (Wildman–Crippen MR) is 70.0 cm³/mol. The number of nitrogens with zero attached hydrogens (tertiary/aromatic N) is 1. The zero-order chi connectivity index (χ0) is 11.5. The number of piperidine rings is 1. The third-order valence-electron chi connectivity index (χ3n) is 2.94. The standard InChI is InChI=1S/C12H24N2O.ClH/c1-12(2,3)9-11(15)14-7-5-10(13-4)6-8-14;/h10,13H,5-9H2,1-4H3;1H. The number of hydrogen-bond donors (Lipinski definition) is 1. The van der Waals surface area contributed by atoms with Crippen LogP contribution in [-0.2, 0) is 4.79 Å². The second-order valence-corrected chi connectivity index (χ2v) is 5.68. The van der Waals surface area contributed by atoms with Crippen LogP contribution in [0.2, 0.25) is 0 Å². The topological polar surface area (TPSA) is 32.3 Å². The van der Waals surface area contributed by atoms with Crippen LogP contribution in [0.15, 0.2) is 0 Å². The minimum atomic E-state index is 0. The lowest BCUT2D eigenvalue weighted by atomic mass is 9.91. The van der Waals surface area contributed by atoms with Crippen molar-refractivity contribution in [2.75, 3.05) is 20.1 Å². The van der Waals surface area contributed by atoms with Gasteiger partial charge in [0.2, 0.25) is 5.91 Å². The molecule has 1 N–H and O–H groups in total. The second kappa shape index (κ2) is 6.45. The van der Waals surface area contributed by atoms with E-state index >= 15 is 0 Å². The molecule has 96 valence electrons. The molecule has 0 saturated carbocycles. The zero-order valence-corrected chi connectivity index (χ0v) is 11.7. The Morgan fingerprint density at radius 2 is 1.81 bits per heavy atom. The molecule has 1 aliphatic rings. The molecule has 1 rings (SSSR count). The van der Waals surface area contributed by atoms with Crippen molar-refractivity contribution in [2.24, 2.45) is 5.41 Å². The average molecular weight is 249 g/mol. The highest BCUT2D eigenvalue weighted by atomic mass is 35.5. The number of carbonyl (C=O) groups excluding carboxylic acids is 1. The van der Waals surface area contributed by atoms with E-state index in [1.807, 2.05) is 11.9 Å². The molecule has 0 atom stereocenters. The molecule has 1 heterocycles. The molecule has 3 nitrogen and oxygen atoms in total.